The lowest BCUT2D eigenvalue weighted by molar-refractivity contribution is 0.0796. The highest BCUT2D eigenvalue weighted by Crippen LogP contribution is 2.23. The van der Waals surface area contributed by atoms with E-state index in [9.17, 15) is 4.79 Å². The van der Waals surface area contributed by atoms with E-state index in [4.69, 9.17) is 0 Å². The van der Waals surface area contributed by atoms with Gasteiger partial charge in [-0.05, 0) is 52.2 Å². The highest BCUT2D eigenvalue weighted by atomic mass is 16.2. The predicted octanol–water partition coefficient (Wildman–Crippen LogP) is 2.38. The molecule has 0 saturated carbocycles. The zero-order valence-electron chi connectivity index (χ0n) is 12.9. The lowest BCUT2D eigenvalue weighted by Gasteiger charge is -2.41. The van der Waals surface area contributed by atoms with Gasteiger partial charge in [0.15, 0.2) is 0 Å². The molecule has 20 heavy (non-hydrogen) atoms. The summed E-state index contributed by atoms with van der Waals surface area (Å²) in [5, 5.41) is 3.18. The van der Waals surface area contributed by atoms with Gasteiger partial charge in [0, 0.05) is 30.9 Å². The number of hydrogen-bond acceptors (Lipinski definition) is 3. The molecule has 0 unspecified atom stereocenters. The number of amides is 1. The molecule has 0 aromatic carbocycles. The molecule has 1 fully saturated rings. The van der Waals surface area contributed by atoms with Gasteiger partial charge < -0.3 is 10.2 Å². The predicted molar refractivity (Wildman–Crippen MR) is 80.8 cm³/mol. The van der Waals surface area contributed by atoms with Crippen LogP contribution in [0.3, 0.4) is 0 Å². The number of aromatic nitrogens is 1. The van der Waals surface area contributed by atoms with Gasteiger partial charge in [-0.3, -0.25) is 9.78 Å². The van der Waals surface area contributed by atoms with Crippen LogP contribution >= 0.6 is 0 Å². The zero-order valence-corrected chi connectivity index (χ0v) is 12.9. The molecule has 4 nitrogen and oxygen atoms in total. The van der Waals surface area contributed by atoms with Gasteiger partial charge in [0.2, 0.25) is 0 Å². The van der Waals surface area contributed by atoms with Crippen molar-refractivity contribution in [1.29, 1.82) is 0 Å². The fraction of sp³-hybridized carbons (Fsp3) is 0.625. The van der Waals surface area contributed by atoms with Crippen LogP contribution in [0.5, 0.6) is 0 Å². The van der Waals surface area contributed by atoms with Crippen LogP contribution in [0.1, 0.15) is 49.7 Å². The van der Waals surface area contributed by atoms with Crippen LogP contribution in [0.25, 0.3) is 0 Å². The van der Waals surface area contributed by atoms with Crippen molar-refractivity contribution in [2.75, 3.05) is 13.1 Å². The summed E-state index contributed by atoms with van der Waals surface area (Å²) in [6.07, 6.45) is 3.65. The van der Waals surface area contributed by atoms with Gasteiger partial charge in [0.1, 0.15) is 5.69 Å². The van der Waals surface area contributed by atoms with E-state index in [0.717, 1.165) is 31.5 Å². The van der Waals surface area contributed by atoms with Gasteiger partial charge in [-0.2, -0.15) is 0 Å². The number of nitrogens with one attached hydrogen (secondary N) is 1. The van der Waals surface area contributed by atoms with Crippen molar-refractivity contribution in [3.63, 3.8) is 0 Å². The SMILES string of the molecule is Cc1cccnc1C(=O)NC1(C)CCN(C(C)C)CC1. The molecule has 2 heterocycles. The summed E-state index contributed by atoms with van der Waals surface area (Å²) in [4.78, 5) is 19.0. The molecule has 4 heteroatoms. The van der Waals surface area contributed by atoms with Crippen molar-refractivity contribution in [3.05, 3.63) is 29.6 Å². The molecule has 1 saturated heterocycles. The lowest BCUT2D eigenvalue weighted by Crippen LogP contribution is -2.54. The molecule has 110 valence electrons. The van der Waals surface area contributed by atoms with Gasteiger partial charge in [0.05, 0.1) is 0 Å². The van der Waals surface area contributed by atoms with Crippen LogP contribution in [-0.2, 0) is 0 Å². The van der Waals surface area contributed by atoms with Gasteiger partial charge in [-0.25, -0.2) is 0 Å². The number of hydrogen-bond donors (Lipinski definition) is 1. The van der Waals surface area contributed by atoms with E-state index in [2.05, 4.69) is 36.0 Å². The van der Waals surface area contributed by atoms with E-state index in [1.54, 1.807) is 6.20 Å². The van der Waals surface area contributed by atoms with Gasteiger partial charge in [-0.1, -0.05) is 6.07 Å². The number of rotatable bonds is 3. The molecule has 1 amide bonds. The van der Waals surface area contributed by atoms with Crippen LogP contribution in [0.2, 0.25) is 0 Å². The van der Waals surface area contributed by atoms with E-state index < -0.39 is 0 Å². The molecule has 0 atom stereocenters. The fourth-order valence-electron chi connectivity index (χ4n) is 2.72. The Labute approximate surface area is 121 Å². The summed E-state index contributed by atoms with van der Waals surface area (Å²) < 4.78 is 0. The summed E-state index contributed by atoms with van der Waals surface area (Å²) in [7, 11) is 0. The molecule has 1 aromatic rings. The van der Waals surface area contributed by atoms with Crippen molar-refractivity contribution < 1.29 is 4.79 Å². The minimum atomic E-state index is -0.119. The summed E-state index contributed by atoms with van der Waals surface area (Å²) in [5.41, 5.74) is 1.35. The first-order valence-corrected chi connectivity index (χ1v) is 7.39. The summed E-state index contributed by atoms with van der Waals surface area (Å²) >= 11 is 0. The molecular formula is C16H25N3O. The Bertz CT molecular complexity index is 476. The van der Waals surface area contributed by atoms with Crippen molar-refractivity contribution in [1.82, 2.24) is 15.2 Å². The second-order valence-corrected chi connectivity index (χ2v) is 6.31. The number of carbonyl (C=O) groups excluding carboxylic acids is 1. The lowest BCUT2D eigenvalue weighted by atomic mass is 9.88. The average molecular weight is 275 g/mol. The topological polar surface area (TPSA) is 45.2 Å². The van der Waals surface area contributed by atoms with E-state index >= 15 is 0 Å². The maximum atomic E-state index is 12.4. The molecule has 1 aromatic heterocycles. The highest BCUT2D eigenvalue weighted by molar-refractivity contribution is 5.94. The van der Waals surface area contributed by atoms with Gasteiger partial charge >= 0.3 is 0 Å². The maximum Gasteiger partial charge on any atom is 0.270 e. The van der Waals surface area contributed by atoms with Crippen molar-refractivity contribution >= 4 is 5.91 Å². The molecule has 1 N–H and O–H groups in total. The molecule has 0 spiro atoms. The average Bonchev–Trinajstić information content (AvgIpc) is 2.39. The molecule has 1 aliphatic heterocycles. The normalized spacial score (nSPS) is 19.1. The first-order valence-electron chi connectivity index (χ1n) is 7.39. The number of aryl methyl sites for hydroxylation is 1. The fourth-order valence-corrected chi connectivity index (χ4v) is 2.72. The number of piperidine rings is 1. The maximum absolute atomic E-state index is 12.4. The van der Waals surface area contributed by atoms with E-state index in [1.807, 2.05) is 19.1 Å². The first-order chi connectivity index (χ1) is 9.41. The van der Waals surface area contributed by atoms with Crippen LogP contribution in [0.4, 0.5) is 0 Å². The van der Waals surface area contributed by atoms with E-state index in [0.29, 0.717) is 11.7 Å². The Hall–Kier alpha value is -1.42. The number of pyridine rings is 1. The monoisotopic (exact) mass is 275 g/mol. The second-order valence-electron chi connectivity index (χ2n) is 6.31. The van der Waals surface area contributed by atoms with Crippen molar-refractivity contribution in [2.45, 2.75) is 52.1 Å². The summed E-state index contributed by atoms with van der Waals surface area (Å²) in [6, 6.07) is 4.36. The Kier molecular flexibility index (Phi) is 4.43. The zero-order chi connectivity index (χ0) is 14.8. The van der Waals surface area contributed by atoms with Gasteiger partial charge in [-0.15, -0.1) is 0 Å². The van der Waals surface area contributed by atoms with Crippen LogP contribution < -0.4 is 5.32 Å². The van der Waals surface area contributed by atoms with E-state index in [1.165, 1.54) is 0 Å². The quantitative estimate of drug-likeness (QED) is 0.921. The van der Waals surface area contributed by atoms with Crippen LogP contribution in [0.15, 0.2) is 18.3 Å². The Morgan fingerprint density at radius 1 is 1.40 bits per heavy atom. The second kappa shape index (κ2) is 5.92. The van der Waals surface area contributed by atoms with Crippen LogP contribution in [-0.4, -0.2) is 40.5 Å². The number of nitrogens with zero attached hydrogens (tertiary/aromatic N) is 2. The minimum absolute atomic E-state index is 0.0522. The first kappa shape index (κ1) is 15.0. The number of carbonyl (C=O) groups is 1. The van der Waals surface area contributed by atoms with Crippen LogP contribution in [0, 0.1) is 6.92 Å². The summed E-state index contributed by atoms with van der Waals surface area (Å²) in [5.74, 6) is -0.0522. The van der Waals surface area contributed by atoms with E-state index in [-0.39, 0.29) is 11.4 Å². The molecule has 2 rings (SSSR count). The Balaban J connectivity index is 2.00. The molecular weight excluding hydrogens is 250 g/mol. The molecule has 1 aliphatic rings. The van der Waals surface area contributed by atoms with Gasteiger partial charge in [0.25, 0.3) is 5.91 Å². The molecule has 0 aliphatic carbocycles. The molecule has 0 bridgehead atoms. The number of likely N-dealkylation sites (tertiary alicyclic amines) is 1. The Morgan fingerprint density at radius 2 is 2.05 bits per heavy atom. The smallest absolute Gasteiger partial charge is 0.270 e. The third-order valence-electron chi connectivity index (χ3n) is 4.27. The van der Waals surface area contributed by atoms with Crippen molar-refractivity contribution in [3.8, 4) is 0 Å². The third kappa shape index (κ3) is 3.37. The standard InChI is InChI=1S/C16H25N3O/c1-12(2)19-10-7-16(4,8-11-19)18-15(20)14-13(3)6-5-9-17-14/h5-6,9,12H,7-8,10-11H2,1-4H3,(H,18,20). The summed E-state index contributed by atoms with van der Waals surface area (Å²) in [6.45, 7) is 10.6. The highest BCUT2D eigenvalue weighted by Gasteiger charge is 2.32. The molecule has 0 radical (unpaired) electrons. The van der Waals surface area contributed by atoms with Crippen molar-refractivity contribution in [2.24, 2.45) is 0 Å². The Morgan fingerprint density at radius 3 is 2.60 bits per heavy atom. The third-order valence-corrected chi connectivity index (χ3v) is 4.27. The largest absolute Gasteiger partial charge is 0.345 e. The minimum Gasteiger partial charge on any atom is -0.345 e.